The molecule has 0 N–H and O–H groups in total. The Morgan fingerprint density at radius 2 is 0.952 bits per heavy atom. The maximum Gasteiger partial charge on any atom is 0.262 e. The highest BCUT2D eigenvalue weighted by atomic mass is 32.3. The predicted molar refractivity (Wildman–Crippen MR) is 81.0 cm³/mol. The number of rotatable bonds is 5. The molecule has 0 aromatic rings. The molecule has 2 fully saturated rings. The van der Waals surface area contributed by atoms with Gasteiger partial charge in [-0.05, 0) is 25.7 Å². The molecular formula is C12H22O6S3. The SMILES string of the molecule is CS(=O)(=O)C(S(=O)(=O)C1CCCC1)S(=O)(=O)C1CCCC1. The molecule has 0 saturated heterocycles. The Bertz CT molecular complexity index is 631. The second kappa shape index (κ2) is 5.81. The van der Waals surface area contributed by atoms with Gasteiger partial charge in [-0.3, -0.25) is 0 Å². The molecule has 0 radical (unpaired) electrons. The van der Waals surface area contributed by atoms with Crippen molar-refractivity contribution in [2.24, 2.45) is 0 Å². The summed E-state index contributed by atoms with van der Waals surface area (Å²) in [4.78, 5) is 0. The van der Waals surface area contributed by atoms with Gasteiger partial charge in [0.05, 0.1) is 10.5 Å². The first-order chi connectivity index (χ1) is 9.58. The minimum absolute atomic E-state index is 0.356. The van der Waals surface area contributed by atoms with Crippen LogP contribution in [-0.2, 0) is 29.5 Å². The van der Waals surface area contributed by atoms with E-state index in [1.165, 1.54) is 0 Å². The number of hydrogen-bond acceptors (Lipinski definition) is 6. The summed E-state index contributed by atoms with van der Waals surface area (Å²) in [5.74, 6) is 0. The van der Waals surface area contributed by atoms with Crippen molar-refractivity contribution in [1.82, 2.24) is 0 Å². The average molecular weight is 359 g/mol. The number of hydrogen-bond donors (Lipinski definition) is 0. The van der Waals surface area contributed by atoms with Crippen LogP contribution >= 0.6 is 0 Å². The van der Waals surface area contributed by atoms with E-state index in [-0.39, 0.29) is 0 Å². The van der Waals surface area contributed by atoms with E-state index in [9.17, 15) is 25.3 Å². The molecule has 2 aliphatic carbocycles. The summed E-state index contributed by atoms with van der Waals surface area (Å²) in [7, 11) is -12.7. The summed E-state index contributed by atoms with van der Waals surface area (Å²) in [6.45, 7) is 0. The largest absolute Gasteiger partial charge is 0.262 e. The van der Waals surface area contributed by atoms with Crippen LogP contribution in [0.15, 0.2) is 0 Å². The summed E-state index contributed by atoms with van der Waals surface area (Å²) in [6, 6.07) is 0. The van der Waals surface area contributed by atoms with Crippen molar-refractivity contribution in [3.63, 3.8) is 0 Å². The Labute approximate surface area is 127 Å². The van der Waals surface area contributed by atoms with Crippen molar-refractivity contribution < 1.29 is 25.3 Å². The highest BCUT2D eigenvalue weighted by molar-refractivity contribution is 8.24. The van der Waals surface area contributed by atoms with Crippen molar-refractivity contribution in [2.45, 2.75) is 65.8 Å². The van der Waals surface area contributed by atoms with Crippen LogP contribution in [0.5, 0.6) is 0 Å². The average Bonchev–Trinajstić information content (AvgIpc) is 3.01. The molecule has 0 spiro atoms. The van der Waals surface area contributed by atoms with E-state index in [0.29, 0.717) is 51.4 Å². The van der Waals surface area contributed by atoms with Crippen molar-refractivity contribution in [2.75, 3.05) is 6.26 Å². The molecule has 21 heavy (non-hydrogen) atoms. The zero-order valence-corrected chi connectivity index (χ0v) is 14.5. The molecule has 0 aromatic carbocycles. The fourth-order valence-electron chi connectivity index (χ4n) is 3.42. The molecular weight excluding hydrogens is 336 g/mol. The van der Waals surface area contributed by atoms with Crippen molar-refractivity contribution in [3.8, 4) is 0 Å². The molecule has 6 nitrogen and oxygen atoms in total. The third-order valence-electron chi connectivity index (χ3n) is 4.42. The van der Waals surface area contributed by atoms with Gasteiger partial charge in [0.15, 0.2) is 29.5 Å². The maximum atomic E-state index is 12.6. The molecule has 0 aromatic heterocycles. The monoisotopic (exact) mass is 358 g/mol. The normalized spacial score (nSPS) is 23.1. The number of sulfone groups is 3. The first-order valence-corrected chi connectivity index (χ1v) is 12.4. The van der Waals surface area contributed by atoms with Gasteiger partial charge in [0, 0.05) is 6.26 Å². The van der Waals surface area contributed by atoms with Gasteiger partial charge >= 0.3 is 0 Å². The lowest BCUT2D eigenvalue weighted by Gasteiger charge is -2.23. The van der Waals surface area contributed by atoms with Gasteiger partial charge in [0.1, 0.15) is 0 Å². The third kappa shape index (κ3) is 3.29. The molecule has 124 valence electrons. The molecule has 0 aliphatic heterocycles. The summed E-state index contributed by atoms with van der Waals surface area (Å²) in [5, 5.41) is -1.68. The zero-order valence-electron chi connectivity index (χ0n) is 12.1. The van der Waals surface area contributed by atoms with Crippen molar-refractivity contribution in [3.05, 3.63) is 0 Å². The standard InChI is InChI=1S/C12H22O6S3/c1-19(13,14)12(20(15,16)10-6-2-3-7-10)21(17,18)11-8-4-5-9-11/h10-12H,2-9H2,1H3. The Morgan fingerprint density at radius 3 is 1.19 bits per heavy atom. The Hall–Kier alpha value is -0.150. The summed E-state index contributed by atoms with van der Waals surface area (Å²) < 4.78 is 72.2. The van der Waals surface area contributed by atoms with Crippen LogP contribution in [0.3, 0.4) is 0 Å². The van der Waals surface area contributed by atoms with Crippen LogP contribution in [0, 0.1) is 0 Å². The molecule has 0 heterocycles. The molecule has 0 bridgehead atoms. The minimum atomic E-state index is -4.23. The fraction of sp³-hybridized carbons (Fsp3) is 1.00. The molecule has 0 atom stereocenters. The lowest BCUT2D eigenvalue weighted by Crippen LogP contribution is -2.45. The van der Waals surface area contributed by atoms with Crippen LogP contribution < -0.4 is 0 Å². The van der Waals surface area contributed by atoms with E-state index in [2.05, 4.69) is 0 Å². The van der Waals surface area contributed by atoms with Crippen LogP contribution in [0.2, 0.25) is 0 Å². The Balaban J connectivity index is 2.49. The van der Waals surface area contributed by atoms with Crippen LogP contribution in [0.1, 0.15) is 51.4 Å². The second-order valence-electron chi connectivity index (χ2n) is 6.11. The lowest BCUT2D eigenvalue weighted by atomic mass is 10.4. The van der Waals surface area contributed by atoms with Gasteiger partial charge in [0.25, 0.3) is 3.91 Å². The molecule has 9 heteroatoms. The topological polar surface area (TPSA) is 102 Å². The van der Waals surface area contributed by atoms with Gasteiger partial charge in [-0.1, -0.05) is 25.7 Å². The molecule has 2 rings (SSSR count). The highest BCUT2D eigenvalue weighted by Crippen LogP contribution is 2.36. The van der Waals surface area contributed by atoms with Crippen molar-refractivity contribution >= 4 is 29.5 Å². The van der Waals surface area contributed by atoms with E-state index in [1.54, 1.807) is 0 Å². The Kier molecular flexibility index (Phi) is 4.76. The fourth-order valence-corrected chi connectivity index (χ4v) is 13.3. The van der Waals surface area contributed by atoms with Gasteiger partial charge in [0.2, 0.25) is 0 Å². The van der Waals surface area contributed by atoms with Gasteiger partial charge in [-0.25, -0.2) is 25.3 Å². The van der Waals surface area contributed by atoms with E-state index in [0.717, 1.165) is 6.26 Å². The molecule has 2 saturated carbocycles. The van der Waals surface area contributed by atoms with Crippen LogP contribution in [0.25, 0.3) is 0 Å². The quantitative estimate of drug-likeness (QED) is 0.727. The highest BCUT2D eigenvalue weighted by Gasteiger charge is 2.52. The van der Waals surface area contributed by atoms with Crippen LogP contribution in [0.4, 0.5) is 0 Å². The summed E-state index contributed by atoms with van der Waals surface area (Å²) in [5.41, 5.74) is 0. The third-order valence-corrected chi connectivity index (χ3v) is 14.3. The minimum Gasteiger partial charge on any atom is -0.227 e. The van der Waals surface area contributed by atoms with Gasteiger partial charge < -0.3 is 0 Å². The first kappa shape index (κ1) is 17.2. The zero-order chi connectivity index (χ0) is 15.9. The van der Waals surface area contributed by atoms with E-state index >= 15 is 0 Å². The molecule has 2 aliphatic rings. The summed E-state index contributed by atoms with van der Waals surface area (Å²) >= 11 is 0. The maximum absolute atomic E-state index is 12.6. The van der Waals surface area contributed by atoms with Gasteiger partial charge in [-0.2, -0.15) is 0 Å². The predicted octanol–water partition coefficient (Wildman–Crippen LogP) is 1.03. The van der Waals surface area contributed by atoms with E-state index in [1.807, 2.05) is 0 Å². The van der Waals surface area contributed by atoms with Gasteiger partial charge in [-0.15, -0.1) is 0 Å². The smallest absolute Gasteiger partial charge is 0.227 e. The van der Waals surface area contributed by atoms with E-state index < -0.39 is 43.9 Å². The molecule has 0 amide bonds. The van der Waals surface area contributed by atoms with Crippen LogP contribution in [-0.4, -0.2) is 45.9 Å². The first-order valence-electron chi connectivity index (χ1n) is 7.22. The molecule has 0 unspecified atom stereocenters. The Morgan fingerprint density at radius 1 is 0.667 bits per heavy atom. The van der Waals surface area contributed by atoms with Crippen molar-refractivity contribution in [1.29, 1.82) is 0 Å². The van der Waals surface area contributed by atoms with E-state index in [4.69, 9.17) is 0 Å². The second-order valence-corrected chi connectivity index (χ2v) is 13.8. The summed E-state index contributed by atoms with van der Waals surface area (Å²) in [6.07, 6.45) is 4.93. The lowest BCUT2D eigenvalue weighted by molar-refractivity contribution is 0.560.